The van der Waals surface area contributed by atoms with Crippen LogP contribution in [0.2, 0.25) is 0 Å². The lowest BCUT2D eigenvalue weighted by molar-refractivity contribution is 0.174. The van der Waals surface area contributed by atoms with Crippen LogP contribution in [0, 0.1) is 0 Å². The van der Waals surface area contributed by atoms with Crippen LogP contribution in [0.3, 0.4) is 0 Å². The molecule has 8 nitrogen and oxygen atoms in total. The van der Waals surface area contributed by atoms with Crippen molar-refractivity contribution in [3.63, 3.8) is 0 Å². The van der Waals surface area contributed by atoms with Crippen LogP contribution in [0.4, 0.5) is 0 Å². The van der Waals surface area contributed by atoms with Crippen LogP contribution in [-0.2, 0) is 13.0 Å². The molecule has 38 heavy (non-hydrogen) atoms. The zero-order valence-corrected chi connectivity index (χ0v) is 23.0. The number of fused-ring (bicyclic) bond motifs is 2. The van der Waals surface area contributed by atoms with Crippen LogP contribution < -0.4 is 24.3 Å². The van der Waals surface area contributed by atoms with Gasteiger partial charge in [0.05, 0.1) is 25.4 Å². The molecular formula is C30H38N4O4. The van der Waals surface area contributed by atoms with E-state index >= 15 is 0 Å². The highest BCUT2D eigenvalue weighted by Crippen LogP contribution is 2.33. The maximum atomic E-state index is 5.49. The zero-order chi connectivity index (χ0) is 26.9. The van der Waals surface area contributed by atoms with E-state index in [-0.39, 0.29) is 0 Å². The van der Waals surface area contributed by atoms with Gasteiger partial charge in [-0.05, 0) is 69.0 Å². The molecule has 0 bridgehead atoms. The number of benzene rings is 2. The summed E-state index contributed by atoms with van der Waals surface area (Å²) in [6.45, 7) is 9.46. The molecule has 0 spiro atoms. The minimum atomic E-state index is 0.295. The van der Waals surface area contributed by atoms with Crippen molar-refractivity contribution in [3.05, 3.63) is 71.5 Å². The van der Waals surface area contributed by atoms with Gasteiger partial charge in [-0.3, -0.25) is 0 Å². The van der Waals surface area contributed by atoms with Crippen LogP contribution in [0.1, 0.15) is 44.9 Å². The molecule has 2 heterocycles. The second kappa shape index (κ2) is 13.0. The van der Waals surface area contributed by atoms with Gasteiger partial charge in [0.15, 0.2) is 23.0 Å². The summed E-state index contributed by atoms with van der Waals surface area (Å²) in [7, 11) is 3.28. The topological polar surface area (TPSA) is 78.0 Å². The van der Waals surface area contributed by atoms with Crippen molar-refractivity contribution in [3.8, 4) is 23.0 Å². The van der Waals surface area contributed by atoms with Crippen LogP contribution in [0.25, 0.3) is 10.9 Å². The molecule has 8 heteroatoms. The summed E-state index contributed by atoms with van der Waals surface area (Å²) in [5.74, 6) is 2.99. The predicted molar refractivity (Wildman–Crippen MR) is 150 cm³/mol. The monoisotopic (exact) mass is 518 g/mol. The number of methoxy groups -OCH3 is 2. The van der Waals surface area contributed by atoms with E-state index in [0.29, 0.717) is 18.3 Å². The molecule has 0 saturated carbocycles. The fraction of sp³-hybridized carbons (Fsp3) is 0.400. The van der Waals surface area contributed by atoms with Gasteiger partial charge in [0.2, 0.25) is 6.79 Å². The molecule has 0 atom stereocenters. The molecule has 1 N–H and O–H groups in total. The Morgan fingerprint density at radius 3 is 2.58 bits per heavy atom. The lowest BCUT2D eigenvalue weighted by Gasteiger charge is -2.25. The maximum Gasteiger partial charge on any atom is 0.231 e. The Labute approximate surface area is 225 Å². The first-order valence-corrected chi connectivity index (χ1v) is 13.1. The Balaban J connectivity index is 1.35. The van der Waals surface area contributed by atoms with Crippen molar-refractivity contribution >= 4 is 10.9 Å². The highest BCUT2D eigenvalue weighted by molar-refractivity contribution is 5.84. The molecule has 1 aliphatic heterocycles. The third-order valence-electron chi connectivity index (χ3n) is 6.64. The minimum Gasteiger partial charge on any atom is -0.493 e. The number of rotatable bonds is 13. The molecule has 0 saturated heterocycles. The van der Waals surface area contributed by atoms with E-state index in [1.165, 1.54) is 5.70 Å². The molecule has 0 amide bonds. The minimum absolute atomic E-state index is 0.295. The summed E-state index contributed by atoms with van der Waals surface area (Å²) < 4.78 is 21.8. The third kappa shape index (κ3) is 6.68. The first-order valence-electron chi connectivity index (χ1n) is 13.1. The Bertz CT molecular complexity index is 1300. The van der Waals surface area contributed by atoms with Gasteiger partial charge in [-0.1, -0.05) is 13.0 Å². The third-order valence-corrected chi connectivity index (χ3v) is 6.64. The van der Waals surface area contributed by atoms with E-state index in [9.17, 15) is 0 Å². The first-order chi connectivity index (χ1) is 18.5. The fourth-order valence-corrected chi connectivity index (χ4v) is 4.51. The smallest absolute Gasteiger partial charge is 0.231 e. The highest BCUT2D eigenvalue weighted by atomic mass is 16.7. The van der Waals surface area contributed by atoms with Crippen LogP contribution >= 0.6 is 0 Å². The summed E-state index contributed by atoms with van der Waals surface area (Å²) in [6, 6.07) is 9.93. The van der Waals surface area contributed by atoms with Crippen molar-refractivity contribution in [2.75, 3.05) is 34.1 Å². The molecule has 2 aromatic carbocycles. The Morgan fingerprint density at radius 2 is 1.79 bits per heavy atom. The summed E-state index contributed by atoms with van der Waals surface area (Å²) in [4.78, 5) is 11.4. The van der Waals surface area contributed by atoms with Gasteiger partial charge >= 0.3 is 0 Å². The summed E-state index contributed by atoms with van der Waals surface area (Å²) in [5.41, 5.74) is 5.40. The van der Waals surface area contributed by atoms with Gasteiger partial charge in [-0.15, -0.1) is 0 Å². The van der Waals surface area contributed by atoms with Crippen molar-refractivity contribution in [2.24, 2.45) is 0 Å². The Hall–Kier alpha value is -3.94. The lowest BCUT2D eigenvalue weighted by atomic mass is 10.1. The standard InChI is InChI=1S/C30H38N4O4/c1-6-13-34(14-7-8-25-24-16-28(35-4)29(36-5)17-26(24)33-19-32-25)22(3)10-9-21(2)31-18-23-11-12-27-30(15-23)38-20-37-27/h9-12,15-17,19,31H,6-8,13-14,18,20H2,1-5H3/b21-9+,22-10+. The molecule has 0 unspecified atom stereocenters. The molecule has 1 aliphatic rings. The van der Waals surface area contributed by atoms with Crippen LogP contribution in [-0.4, -0.2) is 49.0 Å². The van der Waals surface area contributed by atoms with Crippen molar-refractivity contribution in [1.29, 1.82) is 0 Å². The Kier molecular flexibility index (Phi) is 9.30. The summed E-state index contributed by atoms with van der Waals surface area (Å²) >= 11 is 0. The number of nitrogens with one attached hydrogen (secondary N) is 1. The summed E-state index contributed by atoms with van der Waals surface area (Å²) in [6.07, 6.45) is 8.88. The maximum absolute atomic E-state index is 5.49. The molecule has 1 aromatic heterocycles. The van der Waals surface area contributed by atoms with Gasteiger partial charge in [0, 0.05) is 42.5 Å². The number of aryl methyl sites for hydroxylation is 1. The van der Waals surface area contributed by atoms with E-state index in [2.05, 4.69) is 59.2 Å². The van der Waals surface area contributed by atoms with Crippen molar-refractivity contribution in [1.82, 2.24) is 20.2 Å². The molecule has 3 aromatic rings. The number of hydrogen-bond acceptors (Lipinski definition) is 8. The SMILES string of the molecule is CCCN(CCCc1ncnc2cc(OC)c(OC)cc12)/C(C)=C/C=C(\C)NCc1ccc2c(c1)OCO2. The molecule has 0 aliphatic carbocycles. The van der Waals surface area contributed by atoms with Gasteiger partial charge in [-0.2, -0.15) is 0 Å². The number of aromatic nitrogens is 2. The van der Waals surface area contributed by atoms with Gasteiger partial charge in [0.25, 0.3) is 0 Å². The highest BCUT2D eigenvalue weighted by Gasteiger charge is 2.13. The summed E-state index contributed by atoms with van der Waals surface area (Å²) in [5, 5.41) is 4.49. The fourth-order valence-electron chi connectivity index (χ4n) is 4.51. The largest absolute Gasteiger partial charge is 0.493 e. The molecule has 202 valence electrons. The van der Waals surface area contributed by atoms with E-state index in [0.717, 1.165) is 78.3 Å². The second-order valence-electron chi connectivity index (χ2n) is 9.33. The van der Waals surface area contributed by atoms with E-state index in [1.807, 2.05) is 24.3 Å². The number of allylic oxidation sites excluding steroid dienone is 4. The quantitative estimate of drug-likeness (QED) is 0.292. The van der Waals surface area contributed by atoms with Crippen molar-refractivity contribution in [2.45, 2.75) is 46.6 Å². The first kappa shape index (κ1) is 27.1. The van der Waals surface area contributed by atoms with E-state index in [1.54, 1.807) is 20.5 Å². The predicted octanol–water partition coefficient (Wildman–Crippen LogP) is 5.62. The number of hydrogen-bond donors (Lipinski definition) is 1. The van der Waals surface area contributed by atoms with Crippen molar-refractivity contribution < 1.29 is 18.9 Å². The normalized spacial score (nSPS) is 13.1. The second-order valence-corrected chi connectivity index (χ2v) is 9.33. The molecular weight excluding hydrogens is 480 g/mol. The average Bonchev–Trinajstić information content (AvgIpc) is 3.41. The van der Waals surface area contributed by atoms with E-state index < -0.39 is 0 Å². The zero-order valence-electron chi connectivity index (χ0n) is 23.0. The van der Waals surface area contributed by atoms with Gasteiger partial charge in [-0.25, -0.2) is 9.97 Å². The lowest BCUT2D eigenvalue weighted by Crippen LogP contribution is -2.24. The molecule has 0 radical (unpaired) electrons. The molecule has 0 fully saturated rings. The van der Waals surface area contributed by atoms with Crippen LogP contribution in [0.5, 0.6) is 23.0 Å². The molecule has 4 rings (SSSR count). The van der Waals surface area contributed by atoms with Crippen LogP contribution in [0.15, 0.2) is 60.2 Å². The van der Waals surface area contributed by atoms with Gasteiger partial charge in [0.1, 0.15) is 6.33 Å². The van der Waals surface area contributed by atoms with Gasteiger partial charge < -0.3 is 29.2 Å². The average molecular weight is 519 g/mol. The number of ether oxygens (including phenoxy) is 4. The van der Waals surface area contributed by atoms with E-state index in [4.69, 9.17) is 18.9 Å². The number of nitrogens with zero attached hydrogens (tertiary/aromatic N) is 3. The Morgan fingerprint density at radius 1 is 1.00 bits per heavy atom.